The van der Waals surface area contributed by atoms with Gasteiger partial charge in [-0.2, -0.15) is 5.10 Å². The monoisotopic (exact) mass is 251 g/mol. The molecule has 0 amide bonds. The van der Waals surface area contributed by atoms with Crippen molar-refractivity contribution in [2.24, 2.45) is 5.73 Å². The van der Waals surface area contributed by atoms with Crippen LogP contribution in [0.15, 0.2) is 55.1 Å². The summed E-state index contributed by atoms with van der Waals surface area (Å²) in [4.78, 5) is 8.49. The van der Waals surface area contributed by atoms with Gasteiger partial charge in [0, 0.05) is 24.5 Å². The Kier molecular flexibility index (Phi) is 3.04. The normalized spacial score (nSPS) is 10.6. The lowest BCUT2D eigenvalue weighted by atomic mass is 10.1. The standard InChI is InChI=1S/C14H13N5/c15-6-13-8-16-9-14(18-13)19-10-12(7-17-19)11-4-2-1-3-5-11/h1-5,7-10H,6,15H2. The van der Waals surface area contributed by atoms with Gasteiger partial charge in [0.25, 0.3) is 0 Å². The molecule has 2 heterocycles. The van der Waals surface area contributed by atoms with Gasteiger partial charge in [0.05, 0.1) is 18.1 Å². The molecular weight excluding hydrogens is 238 g/mol. The first-order chi connectivity index (χ1) is 9.36. The van der Waals surface area contributed by atoms with Gasteiger partial charge in [-0.05, 0) is 5.56 Å². The smallest absolute Gasteiger partial charge is 0.172 e. The van der Waals surface area contributed by atoms with Crippen LogP contribution in [0.4, 0.5) is 0 Å². The topological polar surface area (TPSA) is 69.6 Å². The molecule has 3 rings (SSSR count). The highest BCUT2D eigenvalue weighted by atomic mass is 15.3. The lowest BCUT2D eigenvalue weighted by molar-refractivity contribution is 0.816. The number of hydrogen-bond acceptors (Lipinski definition) is 4. The SMILES string of the molecule is NCc1cncc(-n2cc(-c3ccccc3)cn2)n1. The molecule has 0 aliphatic rings. The van der Waals surface area contributed by atoms with Gasteiger partial charge in [-0.1, -0.05) is 30.3 Å². The maximum atomic E-state index is 5.56. The van der Waals surface area contributed by atoms with E-state index in [1.54, 1.807) is 17.1 Å². The molecule has 0 fully saturated rings. The Hall–Kier alpha value is -2.53. The van der Waals surface area contributed by atoms with E-state index in [2.05, 4.69) is 15.1 Å². The Morgan fingerprint density at radius 2 is 1.84 bits per heavy atom. The molecule has 0 saturated carbocycles. The van der Waals surface area contributed by atoms with Crippen LogP contribution in [0.5, 0.6) is 0 Å². The van der Waals surface area contributed by atoms with E-state index in [4.69, 9.17) is 5.73 Å². The van der Waals surface area contributed by atoms with Crippen LogP contribution in [0.1, 0.15) is 5.69 Å². The number of nitrogens with two attached hydrogens (primary N) is 1. The summed E-state index contributed by atoms with van der Waals surface area (Å²) >= 11 is 0. The highest BCUT2D eigenvalue weighted by molar-refractivity contribution is 5.61. The third kappa shape index (κ3) is 2.36. The Morgan fingerprint density at radius 3 is 2.63 bits per heavy atom. The van der Waals surface area contributed by atoms with Gasteiger partial charge in [0.1, 0.15) is 0 Å². The van der Waals surface area contributed by atoms with E-state index in [1.165, 1.54) is 0 Å². The molecule has 0 spiro atoms. The molecule has 0 aliphatic heterocycles. The summed E-state index contributed by atoms with van der Waals surface area (Å²) in [5.74, 6) is 0.671. The fourth-order valence-electron chi connectivity index (χ4n) is 1.83. The van der Waals surface area contributed by atoms with Crippen LogP contribution in [0.3, 0.4) is 0 Å². The molecule has 2 aromatic heterocycles. The van der Waals surface area contributed by atoms with Gasteiger partial charge in [0.2, 0.25) is 0 Å². The molecule has 0 aliphatic carbocycles. The number of rotatable bonds is 3. The predicted octanol–water partition coefficient (Wildman–Crippen LogP) is 1.79. The van der Waals surface area contributed by atoms with Gasteiger partial charge in [-0.3, -0.25) is 4.98 Å². The van der Waals surface area contributed by atoms with Crippen molar-refractivity contribution in [1.29, 1.82) is 0 Å². The molecule has 0 unspecified atom stereocenters. The first-order valence-corrected chi connectivity index (χ1v) is 5.98. The van der Waals surface area contributed by atoms with Crippen LogP contribution >= 0.6 is 0 Å². The van der Waals surface area contributed by atoms with E-state index in [9.17, 15) is 0 Å². The Morgan fingerprint density at radius 1 is 1.00 bits per heavy atom. The third-order valence-corrected chi connectivity index (χ3v) is 2.81. The summed E-state index contributed by atoms with van der Waals surface area (Å²) in [5.41, 5.74) is 8.47. The van der Waals surface area contributed by atoms with Crippen molar-refractivity contribution in [3.8, 4) is 16.9 Å². The molecule has 0 bridgehead atoms. The molecule has 2 N–H and O–H groups in total. The second-order valence-electron chi connectivity index (χ2n) is 4.11. The zero-order valence-corrected chi connectivity index (χ0v) is 10.3. The fourth-order valence-corrected chi connectivity index (χ4v) is 1.83. The number of nitrogens with zero attached hydrogens (tertiary/aromatic N) is 4. The van der Waals surface area contributed by atoms with E-state index in [0.29, 0.717) is 12.4 Å². The molecular formula is C14H13N5. The van der Waals surface area contributed by atoms with Crippen molar-refractivity contribution >= 4 is 0 Å². The highest BCUT2D eigenvalue weighted by Gasteiger charge is 2.04. The van der Waals surface area contributed by atoms with Gasteiger partial charge in [-0.15, -0.1) is 0 Å². The van der Waals surface area contributed by atoms with Crippen molar-refractivity contribution in [1.82, 2.24) is 19.7 Å². The van der Waals surface area contributed by atoms with E-state index >= 15 is 0 Å². The summed E-state index contributed by atoms with van der Waals surface area (Å²) in [6.45, 7) is 0.369. The summed E-state index contributed by atoms with van der Waals surface area (Å²) in [7, 11) is 0. The summed E-state index contributed by atoms with van der Waals surface area (Å²) in [5, 5.41) is 4.31. The molecule has 19 heavy (non-hydrogen) atoms. The number of benzene rings is 1. The Balaban J connectivity index is 1.97. The van der Waals surface area contributed by atoms with Gasteiger partial charge in [-0.25, -0.2) is 9.67 Å². The minimum absolute atomic E-state index is 0.369. The van der Waals surface area contributed by atoms with Crippen LogP contribution < -0.4 is 5.73 Å². The third-order valence-electron chi connectivity index (χ3n) is 2.81. The second kappa shape index (κ2) is 4.99. The van der Waals surface area contributed by atoms with Crippen LogP contribution in [0, 0.1) is 0 Å². The first kappa shape index (κ1) is 11.6. The van der Waals surface area contributed by atoms with E-state index in [-0.39, 0.29) is 0 Å². The van der Waals surface area contributed by atoms with Crippen LogP contribution in [0.25, 0.3) is 16.9 Å². The Bertz CT molecular complexity index is 675. The number of hydrogen-bond donors (Lipinski definition) is 1. The average Bonchev–Trinajstić information content (AvgIpc) is 2.98. The largest absolute Gasteiger partial charge is 0.325 e. The van der Waals surface area contributed by atoms with Crippen molar-refractivity contribution in [2.75, 3.05) is 0 Å². The molecule has 94 valence electrons. The van der Waals surface area contributed by atoms with Crippen molar-refractivity contribution in [3.63, 3.8) is 0 Å². The van der Waals surface area contributed by atoms with Crippen molar-refractivity contribution in [2.45, 2.75) is 6.54 Å². The average molecular weight is 251 g/mol. The van der Waals surface area contributed by atoms with Crippen LogP contribution in [-0.2, 0) is 6.54 Å². The molecule has 0 radical (unpaired) electrons. The van der Waals surface area contributed by atoms with E-state index in [1.807, 2.05) is 42.7 Å². The van der Waals surface area contributed by atoms with Crippen LogP contribution in [0.2, 0.25) is 0 Å². The lowest BCUT2D eigenvalue weighted by Crippen LogP contribution is -2.05. The zero-order chi connectivity index (χ0) is 13.1. The van der Waals surface area contributed by atoms with Gasteiger partial charge in [0.15, 0.2) is 5.82 Å². The summed E-state index contributed by atoms with van der Waals surface area (Å²) in [6.07, 6.45) is 7.07. The minimum atomic E-state index is 0.369. The molecule has 1 aromatic carbocycles. The summed E-state index contributed by atoms with van der Waals surface area (Å²) < 4.78 is 1.70. The van der Waals surface area contributed by atoms with Gasteiger partial charge >= 0.3 is 0 Å². The Labute approximate surface area is 110 Å². The van der Waals surface area contributed by atoms with E-state index < -0.39 is 0 Å². The minimum Gasteiger partial charge on any atom is -0.325 e. The number of aromatic nitrogens is 4. The van der Waals surface area contributed by atoms with Crippen LogP contribution in [-0.4, -0.2) is 19.7 Å². The molecule has 5 nitrogen and oxygen atoms in total. The highest BCUT2D eigenvalue weighted by Crippen LogP contribution is 2.18. The lowest BCUT2D eigenvalue weighted by Gasteiger charge is -2.01. The summed E-state index contributed by atoms with van der Waals surface area (Å²) in [6, 6.07) is 10.1. The zero-order valence-electron chi connectivity index (χ0n) is 10.3. The predicted molar refractivity (Wildman–Crippen MR) is 72.5 cm³/mol. The molecule has 0 atom stereocenters. The maximum absolute atomic E-state index is 5.56. The molecule has 3 aromatic rings. The van der Waals surface area contributed by atoms with Gasteiger partial charge < -0.3 is 5.73 Å². The van der Waals surface area contributed by atoms with Crippen molar-refractivity contribution < 1.29 is 0 Å². The second-order valence-corrected chi connectivity index (χ2v) is 4.11. The maximum Gasteiger partial charge on any atom is 0.172 e. The quantitative estimate of drug-likeness (QED) is 0.770. The first-order valence-electron chi connectivity index (χ1n) is 5.98. The van der Waals surface area contributed by atoms with Crippen molar-refractivity contribution in [3.05, 3.63) is 60.8 Å². The van der Waals surface area contributed by atoms with E-state index in [0.717, 1.165) is 16.8 Å². The fraction of sp³-hybridized carbons (Fsp3) is 0.0714. The molecule has 0 saturated heterocycles. The molecule has 5 heteroatoms.